The molecule has 0 saturated carbocycles. The fourth-order valence-corrected chi connectivity index (χ4v) is 1.71. The van der Waals surface area contributed by atoms with E-state index < -0.39 is 17.8 Å². The highest BCUT2D eigenvalue weighted by molar-refractivity contribution is 5.84. The second-order valence-electron chi connectivity index (χ2n) is 4.45. The Morgan fingerprint density at radius 2 is 2.11 bits per heavy atom. The number of unbranched alkanes of at least 4 members (excludes halogenated alkanes) is 1. The van der Waals surface area contributed by atoms with Gasteiger partial charge < -0.3 is 10.4 Å². The highest BCUT2D eigenvalue weighted by Crippen LogP contribution is 2.17. The van der Waals surface area contributed by atoms with E-state index in [9.17, 15) is 14.0 Å². The second-order valence-corrected chi connectivity index (χ2v) is 4.45. The van der Waals surface area contributed by atoms with E-state index in [0.29, 0.717) is 24.0 Å². The van der Waals surface area contributed by atoms with Gasteiger partial charge in [0.05, 0.1) is 0 Å². The molecule has 0 spiro atoms. The number of rotatable bonds is 6. The van der Waals surface area contributed by atoms with E-state index in [4.69, 9.17) is 5.11 Å². The van der Waals surface area contributed by atoms with Gasteiger partial charge >= 0.3 is 5.97 Å². The number of carbonyl (C=O) groups excluding carboxylic acids is 1. The molecular weight excluding hydrogens is 249 g/mol. The molecular formula is C14H18FNO3. The molecule has 104 valence electrons. The van der Waals surface area contributed by atoms with E-state index in [-0.39, 0.29) is 5.91 Å². The first-order chi connectivity index (χ1) is 8.95. The van der Waals surface area contributed by atoms with Crippen LogP contribution in [0.15, 0.2) is 18.2 Å². The lowest BCUT2D eigenvalue weighted by atomic mass is 10.0. The van der Waals surface area contributed by atoms with Gasteiger partial charge in [-0.15, -0.1) is 0 Å². The molecule has 1 aromatic carbocycles. The number of hydrogen-bond donors (Lipinski definition) is 2. The van der Waals surface area contributed by atoms with Gasteiger partial charge in [0, 0.05) is 6.42 Å². The number of aryl methyl sites for hydroxylation is 1. The zero-order valence-electron chi connectivity index (χ0n) is 11.1. The highest BCUT2D eigenvalue weighted by Gasteiger charge is 2.22. The number of nitrogens with one attached hydrogen (secondary N) is 1. The van der Waals surface area contributed by atoms with Gasteiger partial charge in [-0.3, -0.25) is 4.79 Å². The van der Waals surface area contributed by atoms with Crippen molar-refractivity contribution in [3.05, 3.63) is 35.1 Å². The van der Waals surface area contributed by atoms with Crippen LogP contribution in [0.25, 0.3) is 0 Å². The molecule has 0 aromatic heterocycles. The minimum absolute atomic E-state index is 0.292. The van der Waals surface area contributed by atoms with E-state index in [2.05, 4.69) is 5.32 Å². The average Bonchev–Trinajstić information content (AvgIpc) is 2.36. The SMILES string of the molecule is CCCCC(=O)NC(C(=O)O)c1ccc(F)c(C)c1. The summed E-state index contributed by atoms with van der Waals surface area (Å²) in [4.78, 5) is 22.8. The number of aliphatic carboxylic acids is 1. The Bertz CT molecular complexity index is 474. The number of hydrogen-bond acceptors (Lipinski definition) is 2. The Morgan fingerprint density at radius 3 is 2.63 bits per heavy atom. The molecule has 1 atom stereocenters. The van der Waals surface area contributed by atoms with Crippen LogP contribution in [-0.2, 0) is 9.59 Å². The van der Waals surface area contributed by atoms with Crippen LogP contribution in [-0.4, -0.2) is 17.0 Å². The van der Waals surface area contributed by atoms with Crippen molar-refractivity contribution < 1.29 is 19.1 Å². The van der Waals surface area contributed by atoms with E-state index in [0.717, 1.165) is 6.42 Å². The fourth-order valence-electron chi connectivity index (χ4n) is 1.71. The molecule has 1 amide bonds. The number of carboxylic acid groups (broad SMARTS) is 1. The average molecular weight is 267 g/mol. The van der Waals surface area contributed by atoms with Crippen LogP contribution in [0.2, 0.25) is 0 Å². The largest absolute Gasteiger partial charge is 0.479 e. The van der Waals surface area contributed by atoms with Crippen molar-refractivity contribution in [1.29, 1.82) is 0 Å². The maximum atomic E-state index is 13.2. The zero-order valence-corrected chi connectivity index (χ0v) is 11.1. The van der Waals surface area contributed by atoms with Crippen LogP contribution in [0.3, 0.4) is 0 Å². The molecule has 0 aliphatic heterocycles. The van der Waals surface area contributed by atoms with Crippen LogP contribution >= 0.6 is 0 Å². The Kier molecular flexibility index (Phi) is 5.48. The van der Waals surface area contributed by atoms with Gasteiger partial charge in [-0.05, 0) is 30.5 Å². The van der Waals surface area contributed by atoms with Crippen molar-refractivity contribution in [3.8, 4) is 0 Å². The normalized spacial score (nSPS) is 11.9. The Morgan fingerprint density at radius 1 is 1.42 bits per heavy atom. The molecule has 1 unspecified atom stereocenters. The first-order valence-corrected chi connectivity index (χ1v) is 6.24. The molecule has 0 radical (unpaired) electrons. The standard InChI is InChI=1S/C14H18FNO3/c1-3-4-5-12(17)16-13(14(18)19)10-6-7-11(15)9(2)8-10/h6-8,13H,3-5H2,1-2H3,(H,16,17)(H,18,19). The Labute approximate surface area is 111 Å². The number of amides is 1. The summed E-state index contributed by atoms with van der Waals surface area (Å²) in [5, 5.41) is 11.6. The van der Waals surface area contributed by atoms with Crippen LogP contribution in [0.1, 0.15) is 43.4 Å². The summed E-state index contributed by atoms with van der Waals surface area (Å²) in [6.07, 6.45) is 1.86. The topological polar surface area (TPSA) is 66.4 Å². The summed E-state index contributed by atoms with van der Waals surface area (Å²) in [6.45, 7) is 3.50. The van der Waals surface area contributed by atoms with Gasteiger partial charge in [0.1, 0.15) is 5.82 Å². The van der Waals surface area contributed by atoms with E-state index >= 15 is 0 Å². The van der Waals surface area contributed by atoms with Gasteiger partial charge in [-0.1, -0.05) is 25.5 Å². The van der Waals surface area contributed by atoms with E-state index in [1.165, 1.54) is 18.2 Å². The Balaban J connectivity index is 2.85. The van der Waals surface area contributed by atoms with Crippen molar-refractivity contribution in [1.82, 2.24) is 5.32 Å². The molecule has 1 rings (SSSR count). The molecule has 0 bridgehead atoms. The van der Waals surface area contributed by atoms with Crippen molar-refractivity contribution in [2.75, 3.05) is 0 Å². The third kappa shape index (κ3) is 4.35. The van der Waals surface area contributed by atoms with E-state index in [1.54, 1.807) is 6.92 Å². The zero-order chi connectivity index (χ0) is 14.4. The summed E-state index contributed by atoms with van der Waals surface area (Å²) in [7, 11) is 0. The first kappa shape index (κ1) is 15.1. The molecule has 0 aliphatic rings. The lowest BCUT2D eigenvalue weighted by Crippen LogP contribution is -2.33. The van der Waals surface area contributed by atoms with Crippen molar-refractivity contribution >= 4 is 11.9 Å². The minimum atomic E-state index is -1.16. The maximum absolute atomic E-state index is 13.2. The smallest absolute Gasteiger partial charge is 0.330 e. The summed E-state index contributed by atoms with van der Waals surface area (Å²) in [5.74, 6) is -1.86. The van der Waals surface area contributed by atoms with Crippen molar-refractivity contribution in [2.24, 2.45) is 0 Å². The predicted molar refractivity (Wildman–Crippen MR) is 69.2 cm³/mol. The van der Waals surface area contributed by atoms with Gasteiger partial charge in [-0.25, -0.2) is 9.18 Å². The third-order valence-corrected chi connectivity index (χ3v) is 2.83. The quantitative estimate of drug-likeness (QED) is 0.832. The number of halogens is 1. The summed E-state index contributed by atoms with van der Waals surface area (Å²) < 4.78 is 13.2. The summed E-state index contributed by atoms with van der Waals surface area (Å²) >= 11 is 0. The van der Waals surface area contributed by atoms with Crippen LogP contribution in [0, 0.1) is 12.7 Å². The lowest BCUT2D eigenvalue weighted by Gasteiger charge is -2.15. The Hall–Kier alpha value is -1.91. The highest BCUT2D eigenvalue weighted by atomic mass is 19.1. The molecule has 0 aliphatic carbocycles. The van der Waals surface area contributed by atoms with Gasteiger partial charge in [0.2, 0.25) is 5.91 Å². The second kappa shape index (κ2) is 6.87. The lowest BCUT2D eigenvalue weighted by molar-refractivity contribution is -0.142. The molecule has 2 N–H and O–H groups in total. The molecule has 0 fully saturated rings. The number of carbonyl (C=O) groups is 2. The van der Waals surface area contributed by atoms with Gasteiger partial charge in [0.15, 0.2) is 6.04 Å². The molecule has 1 aromatic rings. The molecule has 4 nitrogen and oxygen atoms in total. The molecule has 5 heteroatoms. The fraction of sp³-hybridized carbons (Fsp3) is 0.429. The molecule has 0 heterocycles. The number of benzene rings is 1. The minimum Gasteiger partial charge on any atom is -0.479 e. The molecule has 19 heavy (non-hydrogen) atoms. The van der Waals surface area contributed by atoms with E-state index in [1.807, 2.05) is 6.92 Å². The summed E-state index contributed by atoms with van der Waals surface area (Å²) in [6, 6.07) is 2.89. The van der Waals surface area contributed by atoms with Crippen LogP contribution in [0.4, 0.5) is 4.39 Å². The maximum Gasteiger partial charge on any atom is 0.330 e. The van der Waals surface area contributed by atoms with Crippen molar-refractivity contribution in [2.45, 2.75) is 39.2 Å². The van der Waals surface area contributed by atoms with Gasteiger partial charge in [0.25, 0.3) is 0 Å². The van der Waals surface area contributed by atoms with Crippen molar-refractivity contribution in [3.63, 3.8) is 0 Å². The summed E-state index contributed by atoms with van der Waals surface area (Å²) in [5.41, 5.74) is 0.725. The predicted octanol–water partition coefficient (Wildman–Crippen LogP) is 2.57. The third-order valence-electron chi connectivity index (χ3n) is 2.83. The first-order valence-electron chi connectivity index (χ1n) is 6.24. The van der Waals surface area contributed by atoms with Gasteiger partial charge in [-0.2, -0.15) is 0 Å². The van der Waals surface area contributed by atoms with Crippen LogP contribution < -0.4 is 5.32 Å². The van der Waals surface area contributed by atoms with Crippen LogP contribution in [0.5, 0.6) is 0 Å². The number of carboxylic acids is 1. The molecule has 0 saturated heterocycles. The monoisotopic (exact) mass is 267 g/mol.